The van der Waals surface area contributed by atoms with Crippen LogP contribution in [-0.2, 0) is 16.0 Å². The van der Waals surface area contributed by atoms with Crippen LogP contribution >= 0.6 is 27.3 Å². The Labute approximate surface area is 102 Å². The number of hydrogen-bond acceptors (Lipinski definition) is 4. The molecular formula is C10H14BrNO2S. The summed E-state index contributed by atoms with van der Waals surface area (Å²) in [6, 6.07) is 3.88. The molecule has 1 rings (SSSR count). The molecule has 1 aromatic rings. The van der Waals surface area contributed by atoms with Gasteiger partial charge < -0.3 is 10.1 Å². The minimum absolute atomic E-state index is 0.220. The fraction of sp³-hybridized carbons (Fsp3) is 0.500. The van der Waals surface area contributed by atoms with Gasteiger partial charge >= 0.3 is 5.97 Å². The van der Waals surface area contributed by atoms with Crippen molar-refractivity contribution in [3.8, 4) is 0 Å². The number of thiophene rings is 1. The first-order valence-corrected chi connectivity index (χ1v) is 6.30. The van der Waals surface area contributed by atoms with Crippen molar-refractivity contribution in [1.29, 1.82) is 0 Å². The maximum absolute atomic E-state index is 11.1. The number of hydrogen-bond donors (Lipinski definition) is 1. The Balaban J connectivity index is 2.24. The fourth-order valence-electron chi connectivity index (χ4n) is 1.16. The van der Waals surface area contributed by atoms with Gasteiger partial charge in [0.15, 0.2) is 0 Å². The lowest BCUT2D eigenvalue weighted by atomic mass is 10.3. The third kappa shape index (κ3) is 4.32. The summed E-state index contributed by atoms with van der Waals surface area (Å²) in [6.07, 6.45) is 0.928. The Morgan fingerprint density at radius 2 is 2.40 bits per heavy atom. The van der Waals surface area contributed by atoms with E-state index in [1.807, 2.05) is 6.07 Å². The number of nitrogens with one attached hydrogen (secondary N) is 1. The topological polar surface area (TPSA) is 38.3 Å². The summed E-state index contributed by atoms with van der Waals surface area (Å²) < 4.78 is 5.75. The summed E-state index contributed by atoms with van der Waals surface area (Å²) in [7, 11) is 1.40. The highest BCUT2D eigenvalue weighted by Crippen LogP contribution is 2.21. The van der Waals surface area contributed by atoms with Crippen molar-refractivity contribution in [1.82, 2.24) is 5.32 Å². The highest BCUT2D eigenvalue weighted by molar-refractivity contribution is 9.11. The van der Waals surface area contributed by atoms with E-state index in [0.29, 0.717) is 0 Å². The largest absolute Gasteiger partial charge is 0.468 e. The smallest absolute Gasteiger partial charge is 0.322 e. The molecule has 1 atom stereocenters. The lowest BCUT2D eigenvalue weighted by Crippen LogP contribution is -2.35. The lowest BCUT2D eigenvalue weighted by Gasteiger charge is -2.10. The molecule has 0 aliphatic rings. The molecule has 0 fully saturated rings. The summed E-state index contributed by atoms with van der Waals surface area (Å²) in [4.78, 5) is 12.4. The minimum atomic E-state index is -0.238. The average Bonchev–Trinajstić information content (AvgIpc) is 2.63. The van der Waals surface area contributed by atoms with Gasteiger partial charge in [-0.05, 0) is 41.4 Å². The van der Waals surface area contributed by atoms with Crippen molar-refractivity contribution >= 4 is 33.2 Å². The van der Waals surface area contributed by atoms with Gasteiger partial charge in [-0.3, -0.25) is 4.79 Å². The molecule has 0 bridgehead atoms. The molecular weight excluding hydrogens is 278 g/mol. The zero-order valence-corrected chi connectivity index (χ0v) is 11.2. The molecule has 0 saturated carbocycles. The van der Waals surface area contributed by atoms with Crippen LogP contribution < -0.4 is 5.32 Å². The van der Waals surface area contributed by atoms with Crippen molar-refractivity contribution in [2.45, 2.75) is 19.4 Å². The van der Waals surface area contributed by atoms with Gasteiger partial charge in [0.2, 0.25) is 0 Å². The van der Waals surface area contributed by atoms with Crippen molar-refractivity contribution in [3.63, 3.8) is 0 Å². The number of methoxy groups -OCH3 is 1. The number of carbonyl (C=O) groups excluding carboxylic acids is 1. The predicted molar refractivity (Wildman–Crippen MR) is 65.2 cm³/mol. The van der Waals surface area contributed by atoms with Gasteiger partial charge in [-0.1, -0.05) is 0 Å². The van der Waals surface area contributed by atoms with E-state index < -0.39 is 0 Å². The van der Waals surface area contributed by atoms with E-state index in [1.165, 1.54) is 12.0 Å². The Morgan fingerprint density at radius 1 is 1.67 bits per heavy atom. The van der Waals surface area contributed by atoms with E-state index in [-0.39, 0.29) is 12.0 Å². The summed E-state index contributed by atoms with van der Waals surface area (Å²) in [6.45, 7) is 2.58. The third-order valence-corrected chi connectivity index (χ3v) is 3.69. The molecule has 84 valence electrons. The Morgan fingerprint density at radius 3 is 2.93 bits per heavy atom. The molecule has 0 spiro atoms. The number of halogens is 1. The Hall–Kier alpha value is -0.390. The van der Waals surface area contributed by atoms with Crippen LogP contribution in [0.2, 0.25) is 0 Å². The van der Waals surface area contributed by atoms with Crippen LogP contribution in [0, 0.1) is 0 Å². The van der Waals surface area contributed by atoms with Crippen molar-refractivity contribution in [2.24, 2.45) is 0 Å². The van der Waals surface area contributed by atoms with Gasteiger partial charge in [0.25, 0.3) is 0 Å². The van der Waals surface area contributed by atoms with E-state index in [0.717, 1.165) is 16.8 Å². The van der Waals surface area contributed by atoms with Crippen LogP contribution in [0.25, 0.3) is 0 Å². The quantitative estimate of drug-likeness (QED) is 0.846. The monoisotopic (exact) mass is 291 g/mol. The van der Waals surface area contributed by atoms with Gasteiger partial charge in [0, 0.05) is 11.4 Å². The Kier molecular flexibility index (Phi) is 5.28. The van der Waals surface area contributed by atoms with E-state index in [4.69, 9.17) is 0 Å². The number of ether oxygens (including phenoxy) is 1. The second-order valence-corrected chi connectivity index (χ2v) is 5.70. The SMILES string of the molecule is COC(=O)C(C)NCCc1ccc(Br)s1. The highest BCUT2D eigenvalue weighted by atomic mass is 79.9. The van der Waals surface area contributed by atoms with Crippen LogP contribution in [0.15, 0.2) is 15.9 Å². The zero-order chi connectivity index (χ0) is 11.3. The maximum atomic E-state index is 11.1. The maximum Gasteiger partial charge on any atom is 0.322 e. The van der Waals surface area contributed by atoms with Crippen LogP contribution in [0.3, 0.4) is 0 Å². The highest BCUT2D eigenvalue weighted by Gasteiger charge is 2.11. The summed E-state index contributed by atoms with van der Waals surface area (Å²) in [5, 5.41) is 3.11. The van der Waals surface area contributed by atoms with E-state index in [1.54, 1.807) is 18.3 Å². The minimum Gasteiger partial charge on any atom is -0.468 e. The predicted octanol–water partition coefficient (Wildman–Crippen LogP) is 2.20. The first-order chi connectivity index (χ1) is 7.13. The van der Waals surface area contributed by atoms with Crippen LogP contribution in [0.1, 0.15) is 11.8 Å². The molecule has 15 heavy (non-hydrogen) atoms. The third-order valence-electron chi connectivity index (χ3n) is 2.01. The first kappa shape index (κ1) is 12.7. The number of esters is 1. The van der Waals surface area contributed by atoms with Gasteiger partial charge in [0.1, 0.15) is 6.04 Å². The normalized spacial score (nSPS) is 12.5. The molecule has 3 nitrogen and oxygen atoms in total. The molecule has 5 heteroatoms. The molecule has 0 aromatic carbocycles. The summed E-state index contributed by atoms with van der Waals surface area (Å²) in [5.74, 6) is -0.220. The molecule has 1 unspecified atom stereocenters. The summed E-state index contributed by atoms with van der Waals surface area (Å²) in [5.41, 5.74) is 0. The molecule has 1 N–H and O–H groups in total. The fourth-order valence-corrected chi connectivity index (χ4v) is 2.64. The lowest BCUT2D eigenvalue weighted by molar-refractivity contribution is -0.142. The van der Waals surface area contributed by atoms with Crippen molar-refractivity contribution < 1.29 is 9.53 Å². The number of carbonyl (C=O) groups is 1. The standard InChI is InChI=1S/C10H14BrNO2S/c1-7(10(13)14-2)12-6-5-8-3-4-9(11)15-8/h3-4,7,12H,5-6H2,1-2H3. The molecule has 0 saturated heterocycles. The van der Waals surface area contributed by atoms with Gasteiger partial charge in [-0.2, -0.15) is 0 Å². The van der Waals surface area contributed by atoms with Crippen LogP contribution in [0.4, 0.5) is 0 Å². The summed E-state index contributed by atoms with van der Waals surface area (Å²) >= 11 is 5.13. The van der Waals surface area contributed by atoms with Gasteiger partial charge in [-0.15, -0.1) is 11.3 Å². The second-order valence-electron chi connectivity index (χ2n) is 3.15. The molecule has 0 aliphatic carbocycles. The first-order valence-electron chi connectivity index (χ1n) is 4.69. The van der Waals surface area contributed by atoms with Gasteiger partial charge in [-0.25, -0.2) is 0 Å². The van der Waals surface area contributed by atoms with Crippen molar-refractivity contribution in [2.75, 3.05) is 13.7 Å². The Bertz CT molecular complexity index is 327. The molecule has 0 aliphatic heterocycles. The van der Waals surface area contributed by atoms with E-state index in [2.05, 4.69) is 32.0 Å². The molecule has 1 heterocycles. The molecule has 0 radical (unpaired) electrons. The van der Waals surface area contributed by atoms with E-state index in [9.17, 15) is 4.79 Å². The molecule has 1 aromatic heterocycles. The van der Waals surface area contributed by atoms with Crippen LogP contribution in [-0.4, -0.2) is 25.7 Å². The molecule has 0 amide bonds. The van der Waals surface area contributed by atoms with Gasteiger partial charge in [0.05, 0.1) is 10.9 Å². The van der Waals surface area contributed by atoms with Crippen molar-refractivity contribution in [3.05, 3.63) is 20.8 Å². The average molecular weight is 292 g/mol. The number of rotatable bonds is 5. The zero-order valence-electron chi connectivity index (χ0n) is 8.75. The van der Waals surface area contributed by atoms with E-state index >= 15 is 0 Å². The second kappa shape index (κ2) is 6.25. The van der Waals surface area contributed by atoms with Crippen LogP contribution in [0.5, 0.6) is 0 Å².